The SMILES string of the molecule is COc1cccc(Cl)c1CNCCC(C)O. The second-order valence-electron chi connectivity index (χ2n) is 3.74. The van der Waals surface area contributed by atoms with Gasteiger partial charge in [0.05, 0.1) is 13.2 Å². The minimum Gasteiger partial charge on any atom is -0.496 e. The highest BCUT2D eigenvalue weighted by Crippen LogP contribution is 2.25. The molecule has 1 aromatic rings. The molecule has 0 fully saturated rings. The molecule has 1 aromatic carbocycles. The van der Waals surface area contributed by atoms with Crippen LogP contribution in [0.2, 0.25) is 5.02 Å². The lowest BCUT2D eigenvalue weighted by Gasteiger charge is -2.11. The van der Waals surface area contributed by atoms with Crippen molar-refractivity contribution >= 4 is 11.6 Å². The standard InChI is InChI=1S/C12H18ClNO2/c1-9(15)6-7-14-8-10-11(13)4-3-5-12(10)16-2/h3-5,9,14-15H,6-8H2,1-2H3. The molecule has 1 rings (SSSR count). The largest absolute Gasteiger partial charge is 0.496 e. The highest BCUT2D eigenvalue weighted by molar-refractivity contribution is 6.31. The van der Waals surface area contributed by atoms with E-state index < -0.39 is 0 Å². The van der Waals surface area contributed by atoms with E-state index in [1.165, 1.54) is 0 Å². The molecule has 0 spiro atoms. The van der Waals surface area contributed by atoms with E-state index in [1.54, 1.807) is 14.0 Å². The number of benzene rings is 1. The first-order valence-corrected chi connectivity index (χ1v) is 5.73. The third-order valence-electron chi connectivity index (χ3n) is 2.34. The van der Waals surface area contributed by atoms with Gasteiger partial charge in [0, 0.05) is 17.1 Å². The molecule has 0 bridgehead atoms. The summed E-state index contributed by atoms with van der Waals surface area (Å²) in [7, 11) is 1.63. The van der Waals surface area contributed by atoms with Crippen LogP contribution < -0.4 is 10.1 Å². The smallest absolute Gasteiger partial charge is 0.124 e. The summed E-state index contributed by atoms with van der Waals surface area (Å²) >= 11 is 6.08. The van der Waals surface area contributed by atoms with Gasteiger partial charge in [0.25, 0.3) is 0 Å². The Balaban J connectivity index is 2.52. The second kappa shape index (κ2) is 6.74. The van der Waals surface area contributed by atoms with Gasteiger partial charge in [0.2, 0.25) is 0 Å². The summed E-state index contributed by atoms with van der Waals surface area (Å²) in [4.78, 5) is 0. The third kappa shape index (κ3) is 4.00. The Morgan fingerprint density at radius 3 is 2.88 bits per heavy atom. The molecule has 2 N–H and O–H groups in total. The number of halogens is 1. The molecule has 0 aromatic heterocycles. The molecule has 0 aliphatic carbocycles. The topological polar surface area (TPSA) is 41.5 Å². The molecule has 0 heterocycles. The van der Waals surface area contributed by atoms with Crippen molar-refractivity contribution in [2.45, 2.75) is 26.0 Å². The van der Waals surface area contributed by atoms with Crippen molar-refractivity contribution in [2.24, 2.45) is 0 Å². The molecule has 0 amide bonds. The Bertz CT molecular complexity index is 329. The minimum atomic E-state index is -0.277. The van der Waals surface area contributed by atoms with Gasteiger partial charge in [-0.25, -0.2) is 0 Å². The summed E-state index contributed by atoms with van der Waals surface area (Å²) in [5.41, 5.74) is 0.956. The summed E-state index contributed by atoms with van der Waals surface area (Å²) in [5, 5.41) is 13.0. The van der Waals surface area contributed by atoms with Gasteiger partial charge in [0.15, 0.2) is 0 Å². The van der Waals surface area contributed by atoms with Crippen LogP contribution in [0.5, 0.6) is 5.75 Å². The van der Waals surface area contributed by atoms with Crippen LogP contribution in [-0.2, 0) is 6.54 Å². The number of nitrogens with one attached hydrogen (secondary N) is 1. The number of rotatable bonds is 6. The van der Waals surface area contributed by atoms with Crippen molar-refractivity contribution in [1.82, 2.24) is 5.32 Å². The average Bonchev–Trinajstić information content (AvgIpc) is 2.25. The fourth-order valence-corrected chi connectivity index (χ4v) is 1.66. The Morgan fingerprint density at radius 1 is 1.50 bits per heavy atom. The van der Waals surface area contributed by atoms with Crippen LogP contribution in [0.3, 0.4) is 0 Å². The van der Waals surface area contributed by atoms with Crippen LogP contribution in [0.25, 0.3) is 0 Å². The maximum Gasteiger partial charge on any atom is 0.124 e. The van der Waals surface area contributed by atoms with E-state index in [0.29, 0.717) is 11.6 Å². The molecule has 0 saturated heterocycles. The van der Waals surface area contributed by atoms with Gasteiger partial charge in [-0.3, -0.25) is 0 Å². The lowest BCUT2D eigenvalue weighted by atomic mass is 10.2. The molecule has 0 aliphatic heterocycles. The van der Waals surface area contributed by atoms with Crippen LogP contribution >= 0.6 is 11.6 Å². The van der Waals surface area contributed by atoms with Crippen LogP contribution in [0, 0.1) is 0 Å². The summed E-state index contributed by atoms with van der Waals surface area (Å²) in [6, 6.07) is 5.59. The van der Waals surface area contributed by atoms with Crippen molar-refractivity contribution < 1.29 is 9.84 Å². The quantitative estimate of drug-likeness (QED) is 0.753. The molecule has 3 nitrogen and oxygen atoms in total. The molecular weight excluding hydrogens is 226 g/mol. The zero-order valence-electron chi connectivity index (χ0n) is 9.66. The molecule has 0 radical (unpaired) electrons. The fourth-order valence-electron chi connectivity index (χ4n) is 1.43. The second-order valence-corrected chi connectivity index (χ2v) is 4.14. The van der Waals surface area contributed by atoms with Gasteiger partial charge in [-0.05, 0) is 32.0 Å². The van der Waals surface area contributed by atoms with Crippen molar-refractivity contribution in [1.29, 1.82) is 0 Å². The van der Waals surface area contributed by atoms with E-state index in [0.717, 1.165) is 24.3 Å². The van der Waals surface area contributed by atoms with Crippen LogP contribution in [-0.4, -0.2) is 24.9 Å². The van der Waals surface area contributed by atoms with Gasteiger partial charge < -0.3 is 15.2 Å². The van der Waals surface area contributed by atoms with Gasteiger partial charge in [-0.2, -0.15) is 0 Å². The molecule has 0 saturated carbocycles. The van der Waals surface area contributed by atoms with Crippen LogP contribution in [0.4, 0.5) is 0 Å². The number of methoxy groups -OCH3 is 1. The Hall–Kier alpha value is -0.770. The zero-order valence-corrected chi connectivity index (χ0v) is 10.4. The maximum absolute atomic E-state index is 9.11. The number of aliphatic hydroxyl groups excluding tert-OH is 1. The number of ether oxygens (including phenoxy) is 1. The van der Waals surface area contributed by atoms with Crippen LogP contribution in [0.1, 0.15) is 18.9 Å². The predicted octanol–water partition coefficient (Wildman–Crippen LogP) is 2.21. The van der Waals surface area contributed by atoms with E-state index in [-0.39, 0.29) is 6.10 Å². The van der Waals surface area contributed by atoms with Gasteiger partial charge in [-0.15, -0.1) is 0 Å². The molecule has 90 valence electrons. The summed E-state index contributed by atoms with van der Waals surface area (Å²) in [6.45, 7) is 3.18. The van der Waals surface area contributed by atoms with E-state index >= 15 is 0 Å². The number of aliphatic hydroxyl groups is 1. The van der Waals surface area contributed by atoms with Crippen LogP contribution in [0.15, 0.2) is 18.2 Å². The maximum atomic E-state index is 9.11. The molecule has 4 heteroatoms. The highest BCUT2D eigenvalue weighted by atomic mass is 35.5. The third-order valence-corrected chi connectivity index (χ3v) is 2.69. The van der Waals surface area contributed by atoms with Crippen molar-refractivity contribution in [2.75, 3.05) is 13.7 Å². The lowest BCUT2D eigenvalue weighted by Crippen LogP contribution is -2.19. The average molecular weight is 244 g/mol. The fraction of sp³-hybridized carbons (Fsp3) is 0.500. The van der Waals surface area contributed by atoms with E-state index in [9.17, 15) is 0 Å². The van der Waals surface area contributed by atoms with E-state index in [4.69, 9.17) is 21.4 Å². The monoisotopic (exact) mass is 243 g/mol. The molecule has 1 unspecified atom stereocenters. The van der Waals surface area contributed by atoms with Crippen molar-refractivity contribution in [3.63, 3.8) is 0 Å². The van der Waals surface area contributed by atoms with Crippen molar-refractivity contribution in [3.05, 3.63) is 28.8 Å². The predicted molar refractivity (Wildman–Crippen MR) is 66.0 cm³/mol. The lowest BCUT2D eigenvalue weighted by molar-refractivity contribution is 0.183. The first kappa shape index (κ1) is 13.3. The zero-order chi connectivity index (χ0) is 12.0. The summed E-state index contributed by atoms with van der Waals surface area (Å²) in [6.07, 6.45) is 0.452. The summed E-state index contributed by atoms with van der Waals surface area (Å²) in [5.74, 6) is 0.789. The molecule has 16 heavy (non-hydrogen) atoms. The summed E-state index contributed by atoms with van der Waals surface area (Å²) < 4.78 is 5.23. The van der Waals surface area contributed by atoms with Gasteiger partial charge in [-0.1, -0.05) is 17.7 Å². The highest BCUT2D eigenvalue weighted by Gasteiger charge is 2.06. The normalized spacial score (nSPS) is 12.5. The van der Waals surface area contributed by atoms with E-state index in [2.05, 4.69) is 5.32 Å². The number of hydrogen-bond donors (Lipinski definition) is 2. The Kier molecular flexibility index (Phi) is 5.60. The van der Waals surface area contributed by atoms with Gasteiger partial charge in [0.1, 0.15) is 5.75 Å². The van der Waals surface area contributed by atoms with E-state index in [1.807, 2.05) is 18.2 Å². The Labute approximate surface area is 101 Å². The van der Waals surface area contributed by atoms with Crippen molar-refractivity contribution in [3.8, 4) is 5.75 Å². The molecular formula is C12H18ClNO2. The number of hydrogen-bond acceptors (Lipinski definition) is 3. The molecule has 1 atom stereocenters. The minimum absolute atomic E-state index is 0.277. The Morgan fingerprint density at radius 2 is 2.25 bits per heavy atom. The molecule has 0 aliphatic rings. The first-order valence-electron chi connectivity index (χ1n) is 5.35. The first-order chi connectivity index (χ1) is 7.65. The van der Waals surface area contributed by atoms with Gasteiger partial charge >= 0.3 is 0 Å².